The van der Waals surface area contributed by atoms with E-state index in [1.165, 1.54) is 12.1 Å². The number of halogens is 2. The van der Waals surface area contributed by atoms with Gasteiger partial charge in [-0.15, -0.1) is 0 Å². The Labute approximate surface area is 126 Å². The molecule has 4 heteroatoms. The zero-order chi connectivity index (χ0) is 15.8. The lowest BCUT2D eigenvalue weighted by atomic mass is 9.80. The van der Waals surface area contributed by atoms with E-state index in [-0.39, 0.29) is 17.1 Å². The highest BCUT2D eigenvalue weighted by Gasteiger charge is 2.33. The van der Waals surface area contributed by atoms with Crippen molar-refractivity contribution in [1.29, 1.82) is 0 Å². The molecular weight excluding hydrogens is 270 g/mol. The van der Waals surface area contributed by atoms with Crippen LogP contribution in [-0.2, 0) is 6.42 Å². The van der Waals surface area contributed by atoms with Crippen molar-refractivity contribution in [3.05, 3.63) is 29.3 Å². The van der Waals surface area contributed by atoms with E-state index >= 15 is 0 Å². The van der Waals surface area contributed by atoms with Crippen LogP contribution in [0.4, 0.5) is 14.5 Å². The maximum Gasteiger partial charge on any atom is 0.149 e. The minimum atomic E-state index is -0.472. The Kier molecular flexibility index (Phi) is 4.57. The van der Waals surface area contributed by atoms with Crippen LogP contribution in [0.2, 0.25) is 0 Å². The van der Waals surface area contributed by atoms with E-state index in [4.69, 9.17) is 5.73 Å². The average Bonchev–Trinajstić information content (AvgIpc) is 2.75. The van der Waals surface area contributed by atoms with Crippen molar-refractivity contribution in [3.63, 3.8) is 0 Å². The quantitative estimate of drug-likeness (QED) is 0.921. The Morgan fingerprint density at radius 1 is 1.29 bits per heavy atom. The predicted octanol–water partition coefficient (Wildman–Crippen LogP) is 3.73. The lowest BCUT2D eigenvalue weighted by molar-refractivity contribution is 0.263. The summed E-state index contributed by atoms with van der Waals surface area (Å²) in [5.41, 5.74) is 6.60. The lowest BCUT2D eigenvalue weighted by Gasteiger charge is -2.28. The SMILES string of the molecule is CC(N)Cc1cc(F)c(N2CCC(C(C)(C)C)C2)c(F)c1. The molecule has 0 spiro atoms. The molecule has 2 rings (SSSR count). The fraction of sp³-hybridized carbons (Fsp3) is 0.647. The van der Waals surface area contributed by atoms with Crippen LogP contribution < -0.4 is 10.6 Å². The molecule has 2 nitrogen and oxygen atoms in total. The van der Waals surface area contributed by atoms with Crippen LogP contribution >= 0.6 is 0 Å². The summed E-state index contributed by atoms with van der Waals surface area (Å²) >= 11 is 0. The third-order valence-corrected chi connectivity index (χ3v) is 4.36. The number of hydrogen-bond acceptors (Lipinski definition) is 2. The molecule has 21 heavy (non-hydrogen) atoms. The highest BCUT2D eigenvalue weighted by molar-refractivity contribution is 5.51. The van der Waals surface area contributed by atoms with E-state index in [0.29, 0.717) is 31.0 Å². The van der Waals surface area contributed by atoms with Gasteiger partial charge in [-0.1, -0.05) is 20.8 Å². The Balaban J connectivity index is 2.22. The standard InChI is InChI=1S/C17H26F2N2/c1-11(20)7-12-8-14(18)16(15(19)9-12)21-6-5-13(10-21)17(2,3)4/h8-9,11,13H,5-7,10,20H2,1-4H3. The molecule has 2 atom stereocenters. The summed E-state index contributed by atoms with van der Waals surface area (Å²) in [4.78, 5) is 1.84. The van der Waals surface area contributed by atoms with Gasteiger partial charge in [0.1, 0.15) is 17.3 Å². The molecule has 1 saturated heterocycles. The van der Waals surface area contributed by atoms with Crippen LogP contribution in [0.5, 0.6) is 0 Å². The summed E-state index contributed by atoms with van der Waals surface area (Å²) in [5, 5.41) is 0. The number of hydrogen-bond donors (Lipinski definition) is 1. The Hall–Kier alpha value is -1.16. The Morgan fingerprint density at radius 2 is 1.86 bits per heavy atom. The third-order valence-electron chi connectivity index (χ3n) is 4.36. The smallest absolute Gasteiger partial charge is 0.149 e. The monoisotopic (exact) mass is 296 g/mol. The summed E-state index contributed by atoms with van der Waals surface area (Å²) in [6.07, 6.45) is 1.46. The molecule has 0 amide bonds. The van der Waals surface area contributed by atoms with E-state index in [2.05, 4.69) is 20.8 Å². The number of nitrogens with two attached hydrogens (primary N) is 1. The average molecular weight is 296 g/mol. The third kappa shape index (κ3) is 3.73. The molecule has 0 bridgehead atoms. The molecule has 118 valence electrons. The van der Waals surface area contributed by atoms with Gasteiger partial charge in [0.25, 0.3) is 0 Å². The van der Waals surface area contributed by atoms with Crippen molar-refractivity contribution in [2.24, 2.45) is 17.1 Å². The zero-order valence-corrected chi connectivity index (χ0v) is 13.4. The second kappa shape index (κ2) is 5.91. The van der Waals surface area contributed by atoms with E-state index < -0.39 is 11.6 Å². The zero-order valence-electron chi connectivity index (χ0n) is 13.4. The van der Waals surface area contributed by atoms with Crippen molar-refractivity contribution in [1.82, 2.24) is 0 Å². The van der Waals surface area contributed by atoms with Gasteiger partial charge in [0.15, 0.2) is 0 Å². The number of nitrogens with zero attached hydrogens (tertiary/aromatic N) is 1. The first-order valence-electron chi connectivity index (χ1n) is 7.67. The summed E-state index contributed by atoms with van der Waals surface area (Å²) in [6, 6.07) is 2.74. The van der Waals surface area contributed by atoms with Gasteiger partial charge in [-0.3, -0.25) is 0 Å². The molecule has 0 radical (unpaired) electrons. The van der Waals surface area contributed by atoms with Gasteiger partial charge in [-0.2, -0.15) is 0 Å². The fourth-order valence-electron chi connectivity index (χ4n) is 3.08. The van der Waals surface area contributed by atoms with Crippen molar-refractivity contribution in [2.75, 3.05) is 18.0 Å². The molecule has 1 fully saturated rings. The van der Waals surface area contributed by atoms with Gasteiger partial charge < -0.3 is 10.6 Å². The van der Waals surface area contributed by atoms with Crippen LogP contribution in [0, 0.1) is 23.0 Å². The van der Waals surface area contributed by atoms with Gasteiger partial charge >= 0.3 is 0 Å². The van der Waals surface area contributed by atoms with Gasteiger partial charge in [0.2, 0.25) is 0 Å². The highest BCUT2D eigenvalue weighted by atomic mass is 19.1. The summed E-state index contributed by atoms with van der Waals surface area (Å²) in [6.45, 7) is 9.80. The van der Waals surface area contributed by atoms with E-state index in [0.717, 1.165) is 6.42 Å². The van der Waals surface area contributed by atoms with E-state index in [1.54, 1.807) is 0 Å². The predicted molar refractivity (Wildman–Crippen MR) is 83.5 cm³/mol. The van der Waals surface area contributed by atoms with Crippen molar-refractivity contribution in [3.8, 4) is 0 Å². The molecule has 1 aromatic carbocycles. The Bertz CT molecular complexity index is 483. The fourth-order valence-corrected chi connectivity index (χ4v) is 3.08. The number of benzene rings is 1. The topological polar surface area (TPSA) is 29.3 Å². The molecule has 2 N–H and O–H groups in total. The Morgan fingerprint density at radius 3 is 2.29 bits per heavy atom. The lowest BCUT2D eigenvalue weighted by Crippen LogP contribution is -2.27. The maximum absolute atomic E-state index is 14.3. The van der Waals surface area contributed by atoms with Gasteiger partial charge in [-0.05, 0) is 48.8 Å². The minimum Gasteiger partial charge on any atom is -0.366 e. The summed E-state index contributed by atoms with van der Waals surface area (Å²) < 4.78 is 28.6. The molecule has 1 aromatic rings. The number of rotatable bonds is 3. The molecule has 2 unspecified atom stereocenters. The van der Waals surface area contributed by atoms with Gasteiger partial charge in [-0.25, -0.2) is 8.78 Å². The van der Waals surface area contributed by atoms with Crippen LogP contribution in [-0.4, -0.2) is 19.1 Å². The first-order chi connectivity index (χ1) is 9.68. The molecule has 1 aliphatic heterocycles. The molecule has 1 aliphatic rings. The van der Waals surface area contributed by atoms with E-state index in [1.807, 2.05) is 11.8 Å². The second-order valence-corrected chi connectivity index (χ2v) is 7.39. The van der Waals surface area contributed by atoms with Gasteiger partial charge in [0, 0.05) is 19.1 Å². The van der Waals surface area contributed by atoms with Crippen LogP contribution in [0.25, 0.3) is 0 Å². The first kappa shape index (κ1) is 16.2. The van der Waals surface area contributed by atoms with Crippen molar-refractivity contribution < 1.29 is 8.78 Å². The highest BCUT2D eigenvalue weighted by Crippen LogP contribution is 2.37. The number of anilines is 1. The molecule has 0 aromatic heterocycles. The van der Waals surface area contributed by atoms with Crippen molar-refractivity contribution >= 4 is 5.69 Å². The largest absolute Gasteiger partial charge is 0.366 e. The normalized spacial score (nSPS) is 20.9. The summed E-state index contributed by atoms with van der Waals surface area (Å²) in [7, 11) is 0. The first-order valence-corrected chi connectivity index (χ1v) is 7.67. The summed E-state index contributed by atoms with van der Waals surface area (Å²) in [5.74, 6) is -0.486. The van der Waals surface area contributed by atoms with Crippen LogP contribution in [0.15, 0.2) is 12.1 Å². The minimum absolute atomic E-state index is 0.105. The molecule has 0 aliphatic carbocycles. The maximum atomic E-state index is 14.3. The second-order valence-electron chi connectivity index (χ2n) is 7.39. The molecule has 1 heterocycles. The van der Waals surface area contributed by atoms with Crippen molar-refractivity contribution in [2.45, 2.75) is 46.6 Å². The van der Waals surface area contributed by atoms with Crippen LogP contribution in [0.3, 0.4) is 0 Å². The van der Waals surface area contributed by atoms with Crippen LogP contribution in [0.1, 0.15) is 39.7 Å². The van der Waals surface area contributed by atoms with E-state index in [9.17, 15) is 8.78 Å². The molecule has 0 saturated carbocycles. The van der Waals surface area contributed by atoms with Gasteiger partial charge in [0.05, 0.1) is 0 Å². The molecular formula is C17H26F2N2.